The Morgan fingerprint density at radius 2 is 2.00 bits per heavy atom. The first-order chi connectivity index (χ1) is 11.1. The maximum Gasteiger partial charge on any atom is 0.263 e. The summed E-state index contributed by atoms with van der Waals surface area (Å²) in [5.74, 6) is -0.184. The minimum absolute atomic E-state index is 0.124. The monoisotopic (exact) mass is 315 g/mol. The van der Waals surface area contributed by atoms with Gasteiger partial charge in [0.15, 0.2) is 0 Å². The minimum Gasteiger partial charge on any atom is -0.349 e. The molecule has 5 heteroatoms. The highest BCUT2D eigenvalue weighted by Gasteiger charge is 2.45. The summed E-state index contributed by atoms with van der Waals surface area (Å²) in [5, 5.41) is 6.50. The highest BCUT2D eigenvalue weighted by Crippen LogP contribution is 2.47. The standard InChI is InChI=1S/C18H25N3O2/c1-12-4-9-21(14-2-3-14)17(23)15(12)16(22)20-13-10-18(11-13)5-7-19-8-6-18/h4,9,13-14,19H,2-3,5-8,10-11H2,1H3,(H,20,22). The maximum atomic E-state index is 12.6. The number of carbonyl (C=O) groups is 1. The SMILES string of the molecule is Cc1ccn(C2CC2)c(=O)c1C(=O)NC1CC2(CCNCC2)C1. The second kappa shape index (κ2) is 5.48. The van der Waals surface area contributed by atoms with Gasteiger partial charge < -0.3 is 15.2 Å². The zero-order valence-corrected chi connectivity index (χ0v) is 13.7. The van der Waals surface area contributed by atoms with Gasteiger partial charge in [-0.15, -0.1) is 0 Å². The van der Waals surface area contributed by atoms with Crippen LogP contribution >= 0.6 is 0 Å². The van der Waals surface area contributed by atoms with Crippen LogP contribution in [0, 0.1) is 12.3 Å². The molecule has 1 aromatic rings. The Kier molecular flexibility index (Phi) is 3.56. The number of carbonyl (C=O) groups excluding carboxylic acids is 1. The number of piperidine rings is 1. The summed E-state index contributed by atoms with van der Waals surface area (Å²) in [6.07, 6.45) is 8.45. The Balaban J connectivity index is 1.46. The molecule has 0 bridgehead atoms. The number of pyridine rings is 1. The Morgan fingerprint density at radius 3 is 2.65 bits per heavy atom. The first kappa shape index (κ1) is 14.9. The second-order valence-electron chi connectivity index (χ2n) is 7.65. The van der Waals surface area contributed by atoms with Crippen molar-refractivity contribution in [2.75, 3.05) is 13.1 Å². The quantitative estimate of drug-likeness (QED) is 0.893. The zero-order valence-electron chi connectivity index (χ0n) is 13.7. The van der Waals surface area contributed by atoms with Gasteiger partial charge in [0.05, 0.1) is 0 Å². The lowest BCUT2D eigenvalue weighted by Gasteiger charge is -2.50. The lowest BCUT2D eigenvalue weighted by atomic mass is 9.60. The van der Waals surface area contributed by atoms with Crippen LogP contribution in [0.4, 0.5) is 0 Å². The van der Waals surface area contributed by atoms with Crippen LogP contribution in [0.25, 0.3) is 0 Å². The second-order valence-corrected chi connectivity index (χ2v) is 7.65. The third-order valence-electron chi connectivity index (χ3n) is 5.85. The van der Waals surface area contributed by atoms with E-state index in [9.17, 15) is 9.59 Å². The molecule has 0 atom stereocenters. The molecule has 0 aromatic carbocycles. The topological polar surface area (TPSA) is 63.1 Å². The van der Waals surface area contributed by atoms with E-state index >= 15 is 0 Å². The number of nitrogens with one attached hydrogen (secondary N) is 2. The lowest BCUT2D eigenvalue weighted by molar-refractivity contribution is 0.0422. The van der Waals surface area contributed by atoms with Crippen molar-refractivity contribution in [2.45, 2.75) is 57.5 Å². The largest absolute Gasteiger partial charge is 0.349 e. The molecule has 2 aliphatic carbocycles. The molecule has 3 fully saturated rings. The molecule has 1 saturated heterocycles. The molecule has 0 unspecified atom stereocenters. The van der Waals surface area contributed by atoms with Gasteiger partial charge in [-0.2, -0.15) is 0 Å². The molecule has 1 amide bonds. The van der Waals surface area contributed by atoms with E-state index in [0.29, 0.717) is 17.0 Å². The van der Waals surface area contributed by atoms with E-state index in [4.69, 9.17) is 0 Å². The number of rotatable bonds is 3. The van der Waals surface area contributed by atoms with Crippen molar-refractivity contribution in [2.24, 2.45) is 5.41 Å². The molecule has 1 aromatic heterocycles. The third kappa shape index (κ3) is 2.71. The molecule has 1 spiro atoms. The van der Waals surface area contributed by atoms with Gasteiger partial charge in [0.1, 0.15) is 5.56 Å². The molecule has 3 aliphatic rings. The van der Waals surface area contributed by atoms with Crippen molar-refractivity contribution in [1.82, 2.24) is 15.2 Å². The Morgan fingerprint density at radius 1 is 1.30 bits per heavy atom. The number of aromatic nitrogens is 1. The summed E-state index contributed by atoms with van der Waals surface area (Å²) in [6, 6.07) is 2.43. The van der Waals surface area contributed by atoms with E-state index in [-0.39, 0.29) is 17.5 Å². The van der Waals surface area contributed by atoms with Crippen LogP contribution in [0.5, 0.6) is 0 Å². The highest BCUT2D eigenvalue weighted by atomic mass is 16.2. The van der Waals surface area contributed by atoms with E-state index in [1.54, 1.807) is 4.57 Å². The van der Waals surface area contributed by atoms with E-state index in [0.717, 1.165) is 44.3 Å². The number of nitrogens with zero attached hydrogens (tertiary/aromatic N) is 1. The van der Waals surface area contributed by atoms with Gasteiger partial charge in [-0.05, 0) is 75.6 Å². The number of amides is 1. The summed E-state index contributed by atoms with van der Waals surface area (Å²) < 4.78 is 1.73. The van der Waals surface area contributed by atoms with Crippen LogP contribution in [0.2, 0.25) is 0 Å². The smallest absolute Gasteiger partial charge is 0.263 e. The van der Waals surface area contributed by atoms with Gasteiger partial charge in [0.25, 0.3) is 11.5 Å². The van der Waals surface area contributed by atoms with Crippen LogP contribution < -0.4 is 16.2 Å². The van der Waals surface area contributed by atoms with Gasteiger partial charge in [-0.25, -0.2) is 0 Å². The molecule has 1 aliphatic heterocycles. The van der Waals surface area contributed by atoms with Gasteiger partial charge in [0, 0.05) is 18.3 Å². The fourth-order valence-corrected chi connectivity index (χ4v) is 4.27. The van der Waals surface area contributed by atoms with Crippen molar-refractivity contribution in [3.8, 4) is 0 Å². The zero-order chi connectivity index (χ0) is 16.0. The Hall–Kier alpha value is -1.62. The number of aryl methyl sites for hydroxylation is 1. The highest BCUT2D eigenvalue weighted by molar-refractivity contribution is 5.95. The third-order valence-corrected chi connectivity index (χ3v) is 5.85. The Labute approximate surface area is 136 Å². The van der Waals surface area contributed by atoms with E-state index in [2.05, 4.69) is 10.6 Å². The minimum atomic E-state index is -0.184. The average Bonchev–Trinajstić information content (AvgIpc) is 3.31. The first-order valence-corrected chi connectivity index (χ1v) is 8.81. The molecule has 2 saturated carbocycles. The molecular weight excluding hydrogens is 290 g/mol. The number of hydrogen-bond acceptors (Lipinski definition) is 3. The summed E-state index contributed by atoms with van der Waals surface area (Å²) in [4.78, 5) is 25.2. The predicted molar refractivity (Wildman–Crippen MR) is 88.7 cm³/mol. The van der Waals surface area contributed by atoms with Crippen molar-refractivity contribution < 1.29 is 4.79 Å². The van der Waals surface area contributed by atoms with Crippen molar-refractivity contribution >= 4 is 5.91 Å². The molecule has 23 heavy (non-hydrogen) atoms. The molecule has 124 valence electrons. The lowest BCUT2D eigenvalue weighted by Crippen LogP contribution is -2.54. The van der Waals surface area contributed by atoms with E-state index in [1.807, 2.05) is 19.2 Å². The van der Waals surface area contributed by atoms with Crippen molar-refractivity contribution in [1.29, 1.82) is 0 Å². The fraction of sp³-hybridized carbons (Fsp3) is 0.667. The molecule has 4 rings (SSSR count). The number of hydrogen-bond donors (Lipinski definition) is 2. The first-order valence-electron chi connectivity index (χ1n) is 8.81. The molecule has 2 heterocycles. The molecule has 0 radical (unpaired) electrons. The summed E-state index contributed by atoms with van der Waals surface area (Å²) in [6.45, 7) is 4.03. The molecular formula is C18H25N3O2. The van der Waals surface area contributed by atoms with Gasteiger partial charge >= 0.3 is 0 Å². The van der Waals surface area contributed by atoms with Gasteiger partial charge in [-0.3, -0.25) is 9.59 Å². The van der Waals surface area contributed by atoms with Crippen molar-refractivity contribution in [3.05, 3.63) is 33.7 Å². The van der Waals surface area contributed by atoms with Crippen LogP contribution in [-0.4, -0.2) is 29.6 Å². The maximum absolute atomic E-state index is 12.6. The molecule has 5 nitrogen and oxygen atoms in total. The van der Waals surface area contributed by atoms with Crippen LogP contribution in [0.1, 0.15) is 60.5 Å². The summed E-state index contributed by atoms with van der Waals surface area (Å²) in [7, 11) is 0. The average molecular weight is 315 g/mol. The predicted octanol–water partition coefficient (Wildman–Crippen LogP) is 1.75. The normalized spacial score (nSPS) is 23.5. The van der Waals surface area contributed by atoms with Crippen molar-refractivity contribution in [3.63, 3.8) is 0 Å². The summed E-state index contributed by atoms with van der Waals surface area (Å²) >= 11 is 0. The van der Waals surface area contributed by atoms with E-state index < -0.39 is 0 Å². The van der Waals surface area contributed by atoms with Crippen LogP contribution in [0.15, 0.2) is 17.1 Å². The Bertz CT molecular complexity index is 676. The fourth-order valence-electron chi connectivity index (χ4n) is 4.27. The van der Waals surface area contributed by atoms with Crippen LogP contribution in [0.3, 0.4) is 0 Å². The molecule has 2 N–H and O–H groups in total. The van der Waals surface area contributed by atoms with Gasteiger partial charge in [-0.1, -0.05) is 0 Å². The summed E-state index contributed by atoms with van der Waals surface area (Å²) in [5.41, 5.74) is 1.43. The van der Waals surface area contributed by atoms with Crippen LogP contribution in [-0.2, 0) is 0 Å². The van der Waals surface area contributed by atoms with E-state index in [1.165, 1.54) is 12.8 Å². The van der Waals surface area contributed by atoms with Gasteiger partial charge in [0.2, 0.25) is 0 Å².